The third-order valence-electron chi connectivity index (χ3n) is 4.85. The van der Waals surface area contributed by atoms with Gasteiger partial charge >= 0.3 is 0 Å². The van der Waals surface area contributed by atoms with E-state index in [1.165, 1.54) is 22.5 Å². The monoisotopic (exact) mass is 422 g/mol. The minimum Gasteiger partial charge on any atom is -0.358 e. The summed E-state index contributed by atoms with van der Waals surface area (Å²) in [5.41, 5.74) is 2.48. The molecule has 1 N–H and O–H groups in total. The number of rotatable bonds is 4. The van der Waals surface area contributed by atoms with Crippen molar-refractivity contribution in [2.75, 3.05) is 9.62 Å². The van der Waals surface area contributed by atoms with Gasteiger partial charge < -0.3 is 5.32 Å². The van der Waals surface area contributed by atoms with Gasteiger partial charge in [0.2, 0.25) is 5.78 Å². The zero-order valence-corrected chi connectivity index (χ0v) is 17.0. The van der Waals surface area contributed by atoms with Gasteiger partial charge in [-0.1, -0.05) is 54.1 Å². The van der Waals surface area contributed by atoms with Gasteiger partial charge in [-0.25, -0.2) is 12.8 Å². The molecular formula is C23H19FN2O3S. The minimum atomic E-state index is -4.16. The molecule has 1 aliphatic heterocycles. The van der Waals surface area contributed by atoms with Crippen LogP contribution in [0.4, 0.5) is 15.8 Å². The molecule has 0 atom stereocenters. The predicted molar refractivity (Wildman–Crippen MR) is 115 cm³/mol. The number of ketones is 1. The normalized spacial score (nSPS) is 16.4. The largest absolute Gasteiger partial charge is 0.358 e. The van der Waals surface area contributed by atoms with Gasteiger partial charge in [-0.2, -0.15) is 0 Å². The van der Waals surface area contributed by atoms with Crippen LogP contribution in [-0.4, -0.2) is 14.2 Å². The van der Waals surface area contributed by atoms with Gasteiger partial charge in [0, 0.05) is 11.8 Å². The molecule has 1 aliphatic rings. The molecule has 0 saturated heterocycles. The summed E-state index contributed by atoms with van der Waals surface area (Å²) in [5.74, 6) is -1.18. The standard InChI is InChI=1S/C23H19FN2O3S/c1-16-7-6-8-17(13-16)15-26-21-12-5-2-9-18(21)23(27)22(30(26,28)29)14-25-20-11-4-3-10-19(20)24/h2-14,25H,15H2,1H3/b22-14+. The van der Waals surface area contributed by atoms with Crippen molar-refractivity contribution >= 4 is 27.2 Å². The van der Waals surface area contributed by atoms with E-state index in [1.807, 2.05) is 31.2 Å². The Morgan fingerprint density at radius 3 is 2.50 bits per heavy atom. The Kier molecular flexibility index (Phi) is 5.13. The lowest BCUT2D eigenvalue weighted by atomic mass is 10.1. The summed E-state index contributed by atoms with van der Waals surface area (Å²) in [6, 6.07) is 19.9. The Morgan fingerprint density at radius 1 is 1.00 bits per heavy atom. The molecule has 30 heavy (non-hydrogen) atoms. The van der Waals surface area contributed by atoms with E-state index in [2.05, 4.69) is 5.32 Å². The van der Waals surface area contributed by atoms with Crippen LogP contribution in [0, 0.1) is 12.7 Å². The molecule has 0 aromatic heterocycles. The highest BCUT2D eigenvalue weighted by Gasteiger charge is 2.40. The number of carbonyl (C=O) groups is 1. The average molecular weight is 422 g/mol. The number of para-hydroxylation sites is 2. The van der Waals surface area contributed by atoms with Gasteiger partial charge in [-0.05, 0) is 36.8 Å². The number of anilines is 2. The maximum Gasteiger partial charge on any atom is 0.270 e. The van der Waals surface area contributed by atoms with Gasteiger partial charge in [-0.3, -0.25) is 9.10 Å². The van der Waals surface area contributed by atoms with Crippen LogP contribution in [-0.2, 0) is 16.6 Å². The molecule has 3 aromatic carbocycles. The lowest BCUT2D eigenvalue weighted by Gasteiger charge is -2.31. The summed E-state index contributed by atoms with van der Waals surface area (Å²) >= 11 is 0. The maximum absolute atomic E-state index is 13.9. The summed E-state index contributed by atoms with van der Waals surface area (Å²) in [6.07, 6.45) is 1.06. The SMILES string of the molecule is Cc1cccc(CN2c3ccccc3C(=O)/C(=C\Nc3ccccc3F)S2(=O)=O)c1. The van der Waals surface area contributed by atoms with E-state index in [0.717, 1.165) is 17.3 Å². The van der Waals surface area contributed by atoms with E-state index in [-0.39, 0.29) is 17.8 Å². The van der Waals surface area contributed by atoms with Crippen molar-refractivity contribution in [1.82, 2.24) is 0 Å². The van der Waals surface area contributed by atoms with Gasteiger partial charge in [-0.15, -0.1) is 0 Å². The number of hydrogen-bond donors (Lipinski definition) is 1. The molecular weight excluding hydrogens is 403 g/mol. The van der Waals surface area contributed by atoms with Crippen LogP contribution in [0.5, 0.6) is 0 Å². The first kappa shape index (κ1) is 19.8. The number of Topliss-reactive ketones (excluding diaryl/α,β-unsaturated/α-hetero) is 1. The fourth-order valence-electron chi connectivity index (χ4n) is 3.39. The first-order valence-electron chi connectivity index (χ1n) is 9.31. The predicted octanol–water partition coefficient (Wildman–Crippen LogP) is 4.62. The Hall–Kier alpha value is -3.45. The Morgan fingerprint density at radius 2 is 1.73 bits per heavy atom. The number of aryl methyl sites for hydroxylation is 1. The van der Waals surface area contributed by atoms with Gasteiger partial charge in [0.05, 0.1) is 17.9 Å². The van der Waals surface area contributed by atoms with Crippen LogP contribution < -0.4 is 9.62 Å². The Bertz CT molecular complexity index is 1270. The van der Waals surface area contributed by atoms with E-state index in [4.69, 9.17) is 0 Å². The van der Waals surface area contributed by atoms with Crippen LogP contribution >= 0.6 is 0 Å². The fraction of sp³-hybridized carbons (Fsp3) is 0.0870. The van der Waals surface area contributed by atoms with Crippen molar-refractivity contribution in [2.45, 2.75) is 13.5 Å². The van der Waals surface area contributed by atoms with Gasteiger partial charge in [0.25, 0.3) is 10.0 Å². The molecule has 0 aliphatic carbocycles. The van der Waals surface area contributed by atoms with E-state index in [0.29, 0.717) is 5.69 Å². The Labute approximate surface area is 174 Å². The van der Waals surface area contributed by atoms with Crippen molar-refractivity contribution in [2.24, 2.45) is 0 Å². The number of allylic oxidation sites excluding steroid dienone is 1. The van der Waals surface area contributed by atoms with Crippen molar-refractivity contribution in [3.05, 3.63) is 106 Å². The summed E-state index contributed by atoms with van der Waals surface area (Å²) in [6.45, 7) is 2.00. The summed E-state index contributed by atoms with van der Waals surface area (Å²) in [7, 11) is -4.16. The van der Waals surface area contributed by atoms with Gasteiger partial charge in [0.1, 0.15) is 5.82 Å². The molecule has 0 unspecified atom stereocenters. The highest BCUT2D eigenvalue weighted by Crippen LogP contribution is 2.36. The number of nitrogens with one attached hydrogen (secondary N) is 1. The topological polar surface area (TPSA) is 66.5 Å². The molecule has 0 bridgehead atoms. The molecule has 0 fully saturated rings. The molecule has 0 radical (unpaired) electrons. The van der Waals surface area contributed by atoms with Gasteiger partial charge in [0.15, 0.2) is 4.91 Å². The lowest BCUT2D eigenvalue weighted by molar-refractivity contribution is 0.104. The smallest absolute Gasteiger partial charge is 0.270 e. The number of hydrogen-bond acceptors (Lipinski definition) is 4. The number of carbonyl (C=O) groups excluding carboxylic acids is 1. The van der Waals surface area contributed by atoms with E-state index >= 15 is 0 Å². The molecule has 5 nitrogen and oxygen atoms in total. The number of benzene rings is 3. The second-order valence-electron chi connectivity index (χ2n) is 6.98. The second-order valence-corrected chi connectivity index (χ2v) is 8.81. The van der Waals surface area contributed by atoms with Crippen molar-refractivity contribution in [3.63, 3.8) is 0 Å². The zero-order valence-electron chi connectivity index (χ0n) is 16.2. The minimum absolute atomic E-state index is 0.0747. The fourth-order valence-corrected chi connectivity index (χ4v) is 4.92. The van der Waals surface area contributed by atoms with Crippen molar-refractivity contribution in [3.8, 4) is 0 Å². The van der Waals surface area contributed by atoms with Crippen LogP contribution in [0.15, 0.2) is 83.9 Å². The first-order valence-corrected chi connectivity index (χ1v) is 10.8. The lowest BCUT2D eigenvalue weighted by Crippen LogP contribution is -2.39. The average Bonchev–Trinajstić information content (AvgIpc) is 2.72. The van der Waals surface area contributed by atoms with Crippen LogP contribution in [0.2, 0.25) is 0 Å². The highest BCUT2D eigenvalue weighted by molar-refractivity contribution is 7.97. The molecule has 152 valence electrons. The number of sulfonamides is 1. The molecule has 0 saturated carbocycles. The van der Waals surface area contributed by atoms with Crippen molar-refractivity contribution in [1.29, 1.82) is 0 Å². The molecule has 4 rings (SSSR count). The third kappa shape index (κ3) is 3.59. The first-order chi connectivity index (χ1) is 14.4. The number of nitrogens with zero attached hydrogens (tertiary/aromatic N) is 1. The maximum atomic E-state index is 13.9. The summed E-state index contributed by atoms with van der Waals surface area (Å²) in [5, 5.41) is 2.63. The molecule has 7 heteroatoms. The van der Waals surface area contributed by atoms with Crippen LogP contribution in [0.25, 0.3) is 0 Å². The molecule has 1 heterocycles. The van der Waals surface area contributed by atoms with E-state index in [9.17, 15) is 17.6 Å². The number of fused-ring (bicyclic) bond motifs is 1. The van der Waals surface area contributed by atoms with Crippen LogP contribution in [0.1, 0.15) is 21.5 Å². The number of halogens is 1. The van der Waals surface area contributed by atoms with Crippen molar-refractivity contribution < 1.29 is 17.6 Å². The molecule has 0 spiro atoms. The summed E-state index contributed by atoms with van der Waals surface area (Å²) < 4.78 is 41.9. The third-order valence-corrected chi connectivity index (χ3v) is 6.62. The zero-order chi connectivity index (χ0) is 21.3. The summed E-state index contributed by atoms with van der Waals surface area (Å²) in [4.78, 5) is 12.5. The van der Waals surface area contributed by atoms with E-state index in [1.54, 1.807) is 30.3 Å². The Balaban J connectivity index is 1.80. The molecule has 3 aromatic rings. The van der Waals surface area contributed by atoms with Crippen LogP contribution in [0.3, 0.4) is 0 Å². The highest BCUT2D eigenvalue weighted by atomic mass is 32.2. The molecule has 0 amide bonds. The second kappa shape index (κ2) is 7.76. The quantitative estimate of drug-likeness (QED) is 0.623. The van der Waals surface area contributed by atoms with E-state index < -0.39 is 26.5 Å².